The molecule has 0 bridgehead atoms. The van der Waals surface area contributed by atoms with Crippen LogP contribution in [0.5, 0.6) is 0 Å². The van der Waals surface area contributed by atoms with Crippen LogP contribution in [0.2, 0.25) is 0 Å². The molecule has 0 aromatic heterocycles. The molecule has 8 N–H and O–H groups in total. The maximum absolute atomic E-state index is 2.75. The summed E-state index contributed by atoms with van der Waals surface area (Å²) in [6, 6.07) is 0. The molecule has 0 saturated carbocycles. The summed E-state index contributed by atoms with van der Waals surface area (Å²) < 4.78 is 0. The monoisotopic (exact) mass is 206 g/mol. The topological polar surface area (TPSA) is 126 Å². The van der Waals surface area contributed by atoms with Gasteiger partial charge in [0.15, 0.2) is 0 Å². The van der Waals surface area contributed by atoms with Crippen molar-refractivity contribution in [1.29, 1.82) is 0 Å². The quantitative estimate of drug-likeness (QED) is 0.390. The van der Waals surface area contributed by atoms with Crippen molar-refractivity contribution in [1.82, 2.24) is 0 Å². The molecule has 0 amide bonds. The number of hydrogen-bond acceptors (Lipinski definition) is 0. The van der Waals surface area contributed by atoms with E-state index >= 15 is 0 Å². The van der Waals surface area contributed by atoms with Crippen LogP contribution in [0.1, 0.15) is 0 Å². The molecule has 4 nitrogen and oxygen atoms in total. The second-order valence-electron chi connectivity index (χ2n) is 0. The van der Waals surface area contributed by atoms with Crippen molar-refractivity contribution in [3.05, 3.63) is 0 Å². The number of rotatable bonds is 0. The van der Waals surface area contributed by atoms with E-state index < -0.39 is 0 Å². The third-order valence-corrected chi connectivity index (χ3v) is 0. The molecule has 0 aliphatic heterocycles. The van der Waals surface area contributed by atoms with E-state index in [4.69, 9.17) is 0 Å². The van der Waals surface area contributed by atoms with Crippen LogP contribution in [0.3, 0.4) is 0 Å². The van der Waals surface area contributed by atoms with E-state index in [1.807, 2.05) is 0 Å². The Bertz CT molecular complexity index is 7.51. The van der Waals surface area contributed by atoms with Crippen molar-refractivity contribution in [3.63, 3.8) is 0 Å². The van der Waals surface area contributed by atoms with Crippen LogP contribution in [0, 0.1) is 0 Å². The van der Waals surface area contributed by atoms with Gasteiger partial charge in [0.2, 0.25) is 0 Å². The molecular formula is H8BrMnO4. The Hall–Kier alpha value is 0.839. The molecule has 0 aromatic carbocycles. The standard InChI is InChI=1S/BrH.Mn.4H2O/h1H;;4*1H2/q;+1;;;;/p-1. The summed E-state index contributed by atoms with van der Waals surface area (Å²) in [6.07, 6.45) is 0. The molecule has 0 radical (unpaired) electrons. The SMILES string of the molecule is O.O.O.O.[Mn][Br]. The molecule has 0 atom stereocenters. The number of halogens is 1. The predicted molar refractivity (Wildman–Crippen MR) is 23.4 cm³/mol. The fourth-order valence-corrected chi connectivity index (χ4v) is 0. The van der Waals surface area contributed by atoms with Gasteiger partial charge in [-0.1, -0.05) is 0 Å². The van der Waals surface area contributed by atoms with E-state index in [0.717, 1.165) is 0 Å². The van der Waals surface area contributed by atoms with Gasteiger partial charge in [-0.25, -0.2) is 0 Å². The van der Waals surface area contributed by atoms with Gasteiger partial charge in [0.1, 0.15) is 0 Å². The van der Waals surface area contributed by atoms with Crippen LogP contribution in [-0.2, 0) is 14.2 Å². The van der Waals surface area contributed by atoms with Gasteiger partial charge in [-0.2, -0.15) is 0 Å². The number of hydrogen-bond donors (Lipinski definition) is 0. The molecule has 0 saturated heterocycles. The zero-order valence-electron chi connectivity index (χ0n) is 2.76. The summed E-state index contributed by atoms with van der Waals surface area (Å²) >= 11 is 5.50. The van der Waals surface area contributed by atoms with Crippen LogP contribution >= 0.6 is 14.1 Å². The van der Waals surface area contributed by atoms with Gasteiger partial charge >= 0.3 is 28.3 Å². The molecule has 0 unspecified atom stereocenters. The summed E-state index contributed by atoms with van der Waals surface area (Å²) in [5.41, 5.74) is 0. The summed E-state index contributed by atoms with van der Waals surface area (Å²) in [7, 11) is 0. The predicted octanol–water partition coefficient (Wildman–Crippen LogP) is -2.46. The zero-order valence-corrected chi connectivity index (χ0v) is 5.52. The second-order valence-corrected chi connectivity index (χ2v) is 0. The van der Waals surface area contributed by atoms with Crippen LogP contribution in [0.4, 0.5) is 0 Å². The van der Waals surface area contributed by atoms with E-state index in [-0.39, 0.29) is 21.9 Å². The summed E-state index contributed by atoms with van der Waals surface area (Å²) in [5.74, 6) is 0. The Labute approximate surface area is 50.7 Å². The Morgan fingerprint density at radius 1 is 0.667 bits per heavy atom. The molecule has 0 spiro atoms. The van der Waals surface area contributed by atoms with Crippen LogP contribution in [0.25, 0.3) is 0 Å². The van der Waals surface area contributed by atoms with Gasteiger partial charge < -0.3 is 21.9 Å². The minimum atomic E-state index is 0. The Morgan fingerprint density at radius 2 is 0.667 bits per heavy atom. The molecule has 0 aromatic rings. The van der Waals surface area contributed by atoms with Crippen molar-refractivity contribution in [3.8, 4) is 0 Å². The van der Waals surface area contributed by atoms with Crippen LogP contribution < -0.4 is 0 Å². The molecule has 6 heavy (non-hydrogen) atoms. The third-order valence-electron chi connectivity index (χ3n) is 0. The first-order valence-electron chi connectivity index (χ1n) is 0.143. The van der Waals surface area contributed by atoms with Crippen molar-refractivity contribution in [2.75, 3.05) is 0 Å². The first-order chi connectivity index (χ1) is 1.00. The van der Waals surface area contributed by atoms with Crippen molar-refractivity contribution >= 4 is 14.1 Å². The molecular weight excluding hydrogens is 199 g/mol. The first kappa shape index (κ1) is 68.9. The van der Waals surface area contributed by atoms with Crippen LogP contribution in [0.15, 0.2) is 0 Å². The summed E-state index contributed by atoms with van der Waals surface area (Å²) in [4.78, 5) is 0. The minimum absolute atomic E-state index is 0. The first-order valence-corrected chi connectivity index (χ1v) is 3.06. The molecule has 0 fully saturated rings. The van der Waals surface area contributed by atoms with Crippen LogP contribution in [-0.4, -0.2) is 21.9 Å². The van der Waals surface area contributed by atoms with E-state index in [0.29, 0.717) is 0 Å². The Balaban J connectivity index is -0.000000000833. The molecule has 6 heteroatoms. The normalized spacial score (nSPS) is 1.00. The van der Waals surface area contributed by atoms with Gasteiger partial charge in [0.05, 0.1) is 0 Å². The average Bonchev–Trinajstić information content (AvgIpc) is 1.00. The molecule has 0 heterocycles. The summed E-state index contributed by atoms with van der Waals surface area (Å²) in [5, 5.41) is 0. The van der Waals surface area contributed by atoms with E-state index in [9.17, 15) is 0 Å². The molecule has 0 aliphatic carbocycles. The molecule has 0 rings (SSSR count). The van der Waals surface area contributed by atoms with Gasteiger partial charge in [0.25, 0.3) is 0 Å². The zero-order chi connectivity index (χ0) is 2.00. The van der Waals surface area contributed by atoms with Gasteiger partial charge in [0, 0.05) is 0 Å². The van der Waals surface area contributed by atoms with Crippen molar-refractivity contribution in [2.24, 2.45) is 0 Å². The van der Waals surface area contributed by atoms with Crippen molar-refractivity contribution in [2.45, 2.75) is 0 Å². The Morgan fingerprint density at radius 3 is 0.667 bits per heavy atom. The van der Waals surface area contributed by atoms with Gasteiger partial charge in [-0.3, -0.25) is 0 Å². The maximum atomic E-state index is 2.75. The van der Waals surface area contributed by atoms with Crippen molar-refractivity contribution < 1.29 is 36.1 Å². The third kappa shape index (κ3) is 101. The van der Waals surface area contributed by atoms with E-state index in [2.05, 4.69) is 28.3 Å². The molecule has 46 valence electrons. The second kappa shape index (κ2) is 194. The fourth-order valence-electron chi connectivity index (χ4n) is 0. The van der Waals surface area contributed by atoms with Gasteiger partial charge in [-0.15, -0.1) is 0 Å². The summed E-state index contributed by atoms with van der Waals surface area (Å²) in [6.45, 7) is 0. The fraction of sp³-hybridized carbons (Fsp3) is 0. The van der Waals surface area contributed by atoms with Gasteiger partial charge in [-0.05, 0) is 0 Å². The van der Waals surface area contributed by atoms with E-state index in [1.165, 1.54) is 0 Å². The molecule has 0 aliphatic rings. The average molecular weight is 207 g/mol. The Kier molecular flexibility index (Phi) is 2230. The van der Waals surface area contributed by atoms with E-state index in [1.54, 1.807) is 0 Å².